The predicted octanol–water partition coefficient (Wildman–Crippen LogP) is 2.72. The number of hydrogen-bond acceptors (Lipinski definition) is 3. The monoisotopic (exact) mass is 300 g/mol. The van der Waals surface area contributed by atoms with Gasteiger partial charge >= 0.3 is 0 Å². The second-order valence-corrected chi connectivity index (χ2v) is 6.43. The molecule has 2 bridgehead atoms. The van der Waals surface area contributed by atoms with Crippen LogP contribution in [0.4, 0.5) is 4.39 Å². The molecule has 0 aliphatic carbocycles. The molecule has 3 saturated heterocycles. The Labute approximate surface area is 129 Å². The summed E-state index contributed by atoms with van der Waals surface area (Å²) < 4.78 is 14.4. The van der Waals surface area contributed by atoms with Gasteiger partial charge in [-0.1, -0.05) is 29.5 Å². The Bertz CT molecular complexity index is 628. The summed E-state index contributed by atoms with van der Waals surface area (Å²) >= 11 is 0. The van der Waals surface area contributed by atoms with Gasteiger partial charge in [-0.05, 0) is 37.4 Å². The number of benzene rings is 1. The van der Waals surface area contributed by atoms with Crippen molar-refractivity contribution in [1.82, 2.24) is 19.9 Å². The summed E-state index contributed by atoms with van der Waals surface area (Å²) in [5.74, 6) is 0.742. The molecule has 0 amide bonds. The highest BCUT2D eigenvalue weighted by Gasteiger charge is 2.35. The Morgan fingerprint density at radius 2 is 1.91 bits per heavy atom. The van der Waals surface area contributed by atoms with Gasteiger partial charge in [0.05, 0.1) is 18.9 Å². The van der Waals surface area contributed by atoms with Crippen LogP contribution in [0.3, 0.4) is 0 Å². The first-order valence-electron chi connectivity index (χ1n) is 8.13. The molecule has 22 heavy (non-hydrogen) atoms. The maximum Gasteiger partial charge on any atom is 0.113 e. The van der Waals surface area contributed by atoms with Crippen LogP contribution in [0.2, 0.25) is 0 Å². The van der Waals surface area contributed by atoms with E-state index in [2.05, 4.69) is 26.1 Å². The second kappa shape index (κ2) is 5.80. The molecule has 3 fully saturated rings. The molecule has 1 atom stereocenters. The highest BCUT2D eigenvalue weighted by atomic mass is 19.1. The predicted molar refractivity (Wildman–Crippen MR) is 83.3 cm³/mol. The van der Waals surface area contributed by atoms with E-state index >= 15 is 0 Å². The lowest BCUT2D eigenvalue weighted by Gasteiger charge is -2.44. The molecule has 2 aromatic rings. The fourth-order valence-corrected chi connectivity index (χ4v) is 3.76. The molecule has 116 valence electrons. The van der Waals surface area contributed by atoms with Crippen molar-refractivity contribution in [3.63, 3.8) is 0 Å². The molecule has 4 heterocycles. The molecule has 5 rings (SSSR count). The van der Waals surface area contributed by atoms with Crippen molar-refractivity contribution >= 4 is 0 Å². The first-order chi connectivity index (χ1) is 10.8. The van der Waals surface area contributed by atoms with Gasteiger partial charge < -0.3 is 4.90 Å². The van der Waals surface area contributed by atoms with E-state index in [1.54, 1.807) is 0 Å². The van der Waals surface area contributed by atoms with Gasteiger partial charge in [0.1, 0.15) is 5.69 Å². The van der Waals surface area contributed by atoms with E-state index in [1.165, 1.54) is 25.9 Å². The molecule has 0 unspecified atom stereocenters. The third-order valence-corrected chi connectivity index (χ3v) is 5.10. The minimum atomic E-state index is -0.310. The summed E-state index contributed by atoms with van der Waals surface area (Å²) in [7, 11) is 0. The fourth-order valence-electron chi connectivity index (χ4n) is 3.76. The van der Waals surface area contributed by atoms with Crippen LogP contribution in [0.1, 0.15) is 24.4 Å². The van der Waals surface area contributed by atoms with Crippen molar-refractivity contribution in [2.24, 2.45) is 5.92 Å². The SMILES string of the molecule is FCCc1ccc(-c2cn([C@H]3CN4CCC3CC4)nn2)cc1. The third-order valence-electron chi connectivity index (χ3n) is 5.10. The average Bonchev–Trinajstić information content (AvgIpc) is 3.07. The molecule has 0 saturated carbocycles. The maximum atomic E-state index is 12.4. The van der Waals surface area contributed by atoms with E-state index in [1.807, 2.05) is 24.3 Å². The van der Waals surface area contributed by atoms with E-state index in [4.69, 9.17) is 0 Å². The van der Waals surface area contributed by atoms with Gasteiger partial charge in [-0.2, -0.15) is 0 Å². The van der Waals surface area contributed by atoms with Crippen LogP contribution in [0.15, 0.2) is 30.5 Å². The molecule has 0 radical (unpaired) electrons. The van der Waals surface area contributed by atoms with Crippen LogP contribution in [0.25, 0.3) is 11.3 Å². The molecule has 1 aromatic heterocycles. The van der Waals surface area contributed by atoms with E-state index < -0.39 is 0 Å². The highest BCUT2D eigenvalue weighted by molar-refractivity contribution is 5.58. The highest BCUT2D eigenvalue weighted by Crippen LogP contribution is 2.35. The van der Waals surface area contributed by atoms with Crippen LogP contribution in [-0.2, 0) is 6.42 Å². The number of hydrogen-bond donors (Lipinski definition) is 0. The topological polar surface area (TPSA) is 34.0 Å². The van der Waals surface area contributed by atoms with Gasteiger partial charge in [0.2, 0.25) is 0 Å². The van der Waals surface area contributed by atoms with Crippen molar-refractivity contribution in [3.8, 4) is 11.3 Å². The molecule has 3 aliphatic heterocycles. The van der Waals surface area contributed by atoms with Gasteiger partial charge in [-0.3, -0.25) is 4.39 Å². The molecule has 5 heteroatoms. The van der Waals surface area contributed by atoms with E-state index in [0.717, 1.165) is 29.3 Å². The van der Waals surface area contributed by atoms with Crippen molar-refractivity contribution in [3.05, 3.63) is 36.0 Å². The molecule has 3 aliphatic rings. The average molecular weight is 300 g/mol. The number of rotatable bonds is 4. The van der Waals surface area contributed by atoms with Gasteiger partial charge in [-0.15, -0.1) is 5.10 Å². The van der Waals surface area contributed by atoms with Gasteiger partial charge in [0.25, 0.3) is 0 Å². The van der Waals surface area contributed by atoms with Gasteiger partial charge in [0.15, 0.2) is 0 Å². The van der Waals surface area contributed by atoms with Crippen LogP contribution in [0.5, 0.6) is 0 Å². The van der Waals surface area contributed by atoms with E-state index in [-0.39, 0.29) is 6.67 Å². The molecule has 0 spiro atoms. The molecule has 0 N–H and O–H groups in total. The lowest BCUT2D eigenvalue weighted by molar-refractivity contribution is 0.0504. The smallest absolute Gasteiger partial charge is 0.113 e. The number of fused-ring (bicyclic) bond motifs is 3. The third kappa shape index (κ3) is 2.54. The molecule has 1 aromatic carbocycles. The number of halogens is 1. The lowest BCUT2D eigenvalue weighted by Crippen LogP contribution is -2.48. The standard InChI is InChI=1S/C17H21FN4/c18-8-5-13-1-3-14(4-2-13)16-11-22(20-19-16)17-12-21-9-6-15(17)7-10-21/h1-4,11,15,17H,5-10,12H2/t17-/m0/s1. The Kier molecular flexibility index (Phi) is 3.66. The number of alkyl halides is 1. The first-order valence-corrected chi connectivity index (χ1v) is 8.13. The first kappa shape index (κ1) is 13.9. The van der Waals surface area contributed by atoms with Crippen LogP contribution in [-0.4, -0.2) is 46.2 Å². The van der Waals surface area contributed by atoms with Crippen molar-refractivity contribution in [2.75, 3.05) is 26.3 Å². The summed E-state index contributed by atoms with van der Waals surface area (Å²) in [6.45, 7) is 3.26. The maximum absolute atomic E-state index is 12.4. The summed E-state index contributed by atoms with van der Waals surface area (Å²) in [5.41, 5.74) is 2.98. The van der Waals surface area contributed by atoms with E-state index in [9.17, 15) is 4.39 Å². The second-order valence-electron chi connectivity index (χ2n) is 6.43. The van der Waals surface area contributed by atoms with Crippen molar-refractivity contribution < 1.29 is 4.39 Å². The summed E-state index contributed by atoms with van der Waals surface area (Å²) in [5, 5.41) is 8.71. The molecule has 4 nitrogen and oxygen atoms in total. The van der Waals surface area contributed by atoms with Crippen molar-refractivity contribution in [2.45, 2.75) is 25.3 Å². The minimum Gasteiger partial charge on any atom is -0.301 e. The van der Waals surface area contributed by atoms with Gasteiger partial charge in [-0.25, -0.2) is 4.68 Å². The lowest BCUT2D eigenvalue weighted by atomic mass is 9.84. The fraction of sp³-hybridized carbons (Fsp3) is 0.529. The Morgan fingerprint density at radius 3 is 2.55 bits per heavy atom. The Balaban J connectivity index is 1.53. The summed E-state index contributed by atoms with van der Waals surface area (Å²) in [4.78, 5) is 2.53. The zero-order valence-electron chi connectivity index (χ0n) is 12.7. The molecular weight excluding hydrogens is 279 g/mol. The number of piperidine rings is 3. The zero-order chi connectivity index (χ0) is 14.9. The van der Waals surface area contributed by atoms with Crippen LogP contribution >= 0.6 is 0 Å². The van der Waals surface area contributed by atoms with Crippen molar-refractivity contribution in [1.29, 1.82) is 0 Å². The number of nitrogens with zero attached hydrogens (tertiary/aromatic N) is 4. The number of aryl methyl sites for hydroxylation is 1. The summed E-state index contributed by atoms with van der Waals surface area (Å²) in [6.07, 6.45) is 5.10. The quantitative estimate of drug-likeness (QED) is 0.870. The summed E-state index contributed by atoms with van der Waals surface area (Å²) in [6, 6.07) is 8.44. The van der Waals surface area contributed by atoms with Crippen LogP contribution < -0.4 is 0 Å². The normalized spacial score (nSPS) is 27.2. The Morgan fingerprint density at radius 1 is 1.14 bits per heavy atom. The largest absolute Gasteiger partial charge is 0.301 e. The van der Waals surface area contributed by atoms with Crippen LogP contribution in [0, 0.1) is 5.92 Å². The minimum absolute atomic E-state index is 0.310. The Hall–Kier alpha value is -1.75. The van der Waals surface area contributed by atoms with Gasteiger partial charge in [0, 0.05) is 18.5 Å². The zero-order valence-corrected chi connectivity index (χ0v) is 12.7. The number of aromatic nitrogens is 3. The van der Waals surface area contributed by atoms with E-state index in [0.29, 0.717) is 12.5 Å². The molecular formula is C17H21FN4.